The Kier molecular flexibility index (Phi) is 4.16. The molecule has 0 radical (unpaired) electrons. The fraction of sp³-hybridized carbons (Fsp3) is 0.500. The van der Waals surface area contributed by atoms with E-state index in [1.54, 1.807) is 6.92 Å². The molecule has 0 heterocycles. The first kappa shape index (κ1) is 7.36. The van der Waals surface area contributed by atoms with Crippen LogP contribution in [-0.2, 0) is 16.1 Å². The molecule has 0 saturated heterocycles. The van der Waals surface area contributed by atoms with Crippen LogP contribution in [0.1, 0.15) is 6.92 Å². The van der Waals surface area contributed by atoms with Crippen LogP contribution >= 0.6 is 0 Å². The van der Waals surface area contributed by atoms with E-state index >= 15 is 0 Å². The van der Waals surface area contributed by atoms with Crippen molar-refractivity contribution < 1.29 is 9.00 Å². The lowest BCUT2D eigenvalue weighted by molar-refractivity contribution is -0.114. The summed E-state index contributed by atoms with van der Waals surface area (Å²) in [6, 6.07) is 0. The minimum Gasteiger partial charge on any atom is -0.352 e. The van der Waals surface area contributed by atoms with Gasteiger partial charge in [0, 0.05) is 6.54 Å². The third-order valence-corrected chi connectivity index (χ3v) is 0.816. The summed E-state index contributed by atoms with van der Waals surface area (Å²) in [5, 5.41) is 3.42. The van der Waals surface area contributed by atoms with Gasteiger partial charge in [0.2, 0.25) is 0 Å². The summed E-state index contributed by atoms with van der Waals surface area (Å²) in [4.78, 5) is 10.3. The van der Waals surface area contributed by atoms with Gasteiger partial charge in [-0.2, -0.15) is 0 Å². The molecule has 0 aliphatic heterocycles. The maximum atomic E-state index is 10.3. The highest BCUT2D eigenvalue weighted by Crippen LogP contribution is 1.53. The van der Waals surface area contributed by atoms with Crippen molar-refractivity contribution in [1.29, 1.82) is 0 Å². The first-order valence-corrected chi connectivity index (χ1v) is 3.01. The Morgan fingerprint density at radius 2 is 2.50 bits per heavy atom. The smallest absolute Gasteiger partial charge is 0.257 e. The highest BCUT2D eigenvalue weighted by molar-refractivity contribution is 7.66. The van der Waals surface area contributed by atoms with Crippen molar-refractivity contribution >= 4 is 22.5 Å². The molecule has 0 aliphatic rings. The molecule has 0 atom stereocenters. The Hall–Kier alpha value is -0.640. The second-order valence-corrected chi connectivity index (χ2v) is 1.54. The van der Waals surface area contributed by atoms with Gasteiger partial charge in [-0.1, -0.05) is 0 Å². The molecule has 1 amide bonds. The Balaban J connectivity index is 3.49. The van der Waals surface area contributed by atoms with Gasteiger partial charge in [0.15, 0.2) is 0 Å². The average molecular weight is 133 g/mol. The summed E-state index contributed by atoms with van der Waals surface area (Å²) in [5.74, 6) is -0.312. The van der Waals surface area contributed by atoms with Gasteiger partial charge in [0.25, 0.3) is 5.91 Å². The Morgan fingerprint density at radius 3 is 2.88 bits per heavy atom. The lowest BCUT2D eigenvalue weighted by Crippen LogP contribution is -2.23. The van der Waals surface area contributed by atoms with Gasteiger partial charge in [-0.15, -0.1) is 0 Å². The molecule has 4 heteroatoms. The monoisotopic (exact) mass is 133 g/mol. The summed E-state index contributed by atoms with van der Waals surface area (Å²) in [7, 11) is 0. The first-order valence-electron chi connectivity index (χ1n) is 2.21. The molecule has 0 bridgehead atoms. The van der Waals surface area contributed by atoms with Crippen molar-refractivity contribution in [2.45, 2.75) is 6.92 Å². The van der Waals surface area contributed by atoms with Crippen molar-refractivity contribution in [3.63, 3.8) is 0 Å². The van der Waals surface area contributed by atoms with Crippen LogP contribution in [0, 0.1) is 0 Å². The van der Waals surface area contributed by atoms with Gasteiger partial charge < -0.3 is 5.32 Å². The highest BCUT2D eigenvalue weighted by atomic mass is 32.1. The van der Waals surface area contributed by atoms with E-state index in [9.17, 15) is 9.00 Å². The quantitative estimate of drug-likeness (QED) is 0.498. The Morgan fingerprint density at radius 1 is 1.88 bits per heavy atom. The summed E-state index contributed by atoms with van der Waals surface area (Å²) in [5.41, 5.74) is 0. The van der Waals surface area contributed by atoms with Gasteiger partial charge in [-0.05, 0) is 6.92 Å². The number of nitrogens with one attached hydrogen (secondary N) is 1. The van der Waals surface area contributed by atoms with Crippen molar-refractivity contribution in [3.05, 3.63) is 0 Å². The van der Waals surface area contributed by atoms with E-state index in [1.165, 1.54) is 0 Å². The molecule has 8 heavy (non-hydrogen) atoms. The molecule has 0 aromatic carbocycles. The zero-order valence-electron chi connectivity index (χ0n) is 4.51. The lowest BCUT2D eigenvalue weighted by atomic mass is 10.6. The molecular weight excluding hydrogens is 126 g/mol. The predicted octanol–water partition coefficient (Wildman–Crippen LogP) is -0.862. The molecule has 0 fully saturated rings. The molecule has 0 rings (SSSR count). The molecule has 1 N–H and O–H groups in total. The molecule has 3 nitrogen and oxygen atoms in total. The molecule has 0 spiro atoms. The van der Waals surface area contributed by atoms with Gasteiger partial charge in [0.1, 0.15) is 0 Å². The molecule has 0 aromatic rings. The summed E-state index contributed by atoms with van der Waals surface area (Å²) < 4.78 is 9.62. The van der Waals surface area contributed by atoms with Gasteiger partial charge in [-0.3, -0.25) is 4.79 Å². The third kappa shape index (κ3) is 3.55. The Bertz CT molecular complexity index is 128. The summed E-state index contributed by atoms with van der Waals surface area (Å²) in [6.07, 6.45) is 0. The zero-order valence-corrected chi connectivity index (χ0v) is 5.33. The molecule has 0 aromatic heterocycles. The minimum absolute atomic E-state index is 0.163. The fourth-order valence-electron chi connectivity index (χ4n) is 0.260. The number of hydrogen-bond donors (Lipinski definition) is 1. The van der Waals surface area contributed by atoms with Crippen molar-refractivity contribution in [2.75, 3.05) is 6.54 Å². The zero-order chi connectivity index (χ0) is 6.41. The van der Waals surface area contributed by atoms with E-state index in [1.807, 2.05) is 0 Å². The first-order chi connectivity index (χ1) is 3.81. The van der Waals surface area contributed by atoms with Crippen LogP contribution in [0.3, 0.4) is 0 Å². The predicted molar refractivity (Wildman–Crippen MR) is 32.9 cm³/mol. The maximum Gasteiger partial charge on any atom is 0.257 e. The van der Waals surface area contributed by atoms with Gasteiger partial charge in [-0.25, -0.2) is 4.21 Å². The normalized spacial score (nSPS) is 7.62. The molecule has 0 unspecified atom stereocenters. The number of carbonyl (C=O) groups excluding carboxylic acids is 1. The fourth-order valence-corrected chi connectivity index (χ4v) is 0.430. The van der Waals surface area contributed by atoms with E-state index in [0.29, 0.717) is 6.54 Å². The van der Waals surface area contributed by atoms with Crippen LogP contribution in [0.5, 0.6) is 0 Å². The average Bonchev–Trinajstić information content (AvgIpc) is 1.68. The van der Waals surface area contributed by atoms with Crippen LogP contribution in [0.15, 0.2) is 0 Å². The minimum atomic E-state index is -0.312. The highest BCUT2D eigenvalue weighted by Gasteiger charge is 1.87. The SMILES string of the molecule is CCNC(=O)C=S=O. The number of amides is 1. The van der Waals surface area contributed by atoms with Crippen molar-refractivity contribution in [2.24, 2.45) is 0 Å². The van der Waals surface area contributed by atoms with Crippen LogP contribution in [-0.4, -0.2) is 22.0 Å². The van der Waals surface area contributed by atoms with E-state index in [0.717, 1.165) is 5.37 Å². The molecule has 46 valence electrons. The molecule has 0 aliphatic carbocycles. The van der Waals surface area contributed by atoms with E-state index in [-0.39, 0.29) is 17.2 Å². The Labute approximate surface area is 51.2 Å². The lowest BCUT2D eigenvalue weighted by Gasteiger charge is -1.89. The number of carbonyl (C=O) groups is 1. The standard InChI is InChI=1S/C4H7NO2S/c1-2-5-4(6)3-8-7/h3H,2H2,1H3,(H,5,6). The van der Waals surface area contributed by atoms with E-state index in [4.69, 9.17) is 0 Å². The maximum absolute atomic E-state index is 10.3. The van der Waals surface area contributed by atoms with E-state index < -0.39 is 0 Å². The second-order valence-electron chi connectivity index (χ2n) is 1.11. The summed E-state index contributed by atoms with van der Waals surface area (Å²) in [6.45, 7) is 2.36. The topological polar surface area (TPSA) is 46.2 Å². The van der Waals surface area contributed by atoms with Crippen LogP contribution < -0.4 is 5.32 Å². The second kappa shape index (κ2) is 4.52. The van der Waals surface area contributed by atoms with Crippen molar-refractivity contribution in [3.8, 4) is 0 Å². The van der Waals surface area contributed by atoms with Gasteiger partial charge >= 0.3 is 0 Å². The number of rotatable bonds is 2. The third-order valence-electron chi connectivity index (χ3n) is 0.506. The van der Waals surface area contributed by atoms with Crippen LogP contribution in [0.2, 0.25) is 0 Å². The van der Waals surface area contributed by atoms with Crippen molar-refractivity contribution in [1.82, 2.24) is 5.32 Å². The summed E-state index contributed by atoms with van der Waals surface area (Å²) >= 11 is 0.163. The largest absolute Gasteiger partial charge is 0.352 e. The van der Waals surface area contributed by atoms with Crippen LogP contribution in [0.4, 0.5) is 0 Å². The van der Waals surface area contributed by atoms with E-state index in [2.05, 4.69) is 5.32 Å². The molecular formula is C4H7NO2S. The van der Waals surface area contributed by atoms with Gasteiger partial charge in [0.05, 0.1) is 16.6 Å². The number of hydrogen-bond acceptors (Lipinski definition) is 2. The van der Waals surface area contributed by atoms with Crippen LogP contribution in [0.25, 0.3) is 0 Å². The molecule has 0 saturated carbocycles.